The number of carbonyl (C=O) groups excluding carboxylic acids is 1. The highest BCUT2D eigenvalue weighted by Crippen LogP contribution is 2.36. The third-order valence-corrected chi connectivity index (χ3v) is 8.78. The number of carbonyl (C=O) groups is 1. The fraction of sp³-hybridized carbons (Fsp3) is 0.269. The third kappa shape index (κ3) is 4.57. The van der Waals surface area contributed by atoms with Crippen LogP contribution in [0, 0.1) is 10.1 Å². The van der Waals surface area contributed by atoms with Gasteiger partial charge in [-0.15, -0.1) is 0 Å². The van der Waals surface area contributed by atoms with Crippen LogP contribution in [0.5, 0.6) is 5.75 Å². The molecule has 3 aromatic carbocycles. The molecule has 1 aromatic heterocycles. The first-order valence-corrected chi connectivity index (χ1v) is 13.4. The third-order valence-electron chi connectivity index (χ3n) is 6.84. The number of fused-ring (bicyclic) bond motifs is 3. The van der Waals surface area contributed by atoms with E-state index in [0.717, 1.165) is 16.4 Å². The fourth-order valence-electron chi connectivity index (χ4n) is 4.72. The Morgan fingerprint density at radius 3 is 2.42 bits per heavy atom. The van der Waals surface area contributed by atoms with Gasteiger partial charge >= 0.3 is 0 Å². The van der Waals surface area contributed by atoms with Crippen LogP contribution < -0.4 is 10.1 Å². The van der Waals surface area contributed by atoms with Crippen molar-refractivity contribution in [2.24, 2.45) is 0 Å². The van der Waals surface area contributed by atoms with Crippen molar-refractivity contribution in [3.05, 3.63) is 70.8 Å². The summed E-state index contributed by atoms with van der Waals surface area (Å²) >= 11 is 0. The number of nitrogens with one attached hydrogen (secondary N) is 1. The Kier molecular flexibility index (Phi) is 6.78. The van der Waals surface area contributed by atoms with E-state index < -0.39 is 26.7 Å². The molecule has 12 heteroatoms. The van der Waals surface area contributed by atoms with E-state index in [1.165, 1.54) is 35.7 Å². The minimum Gasteiger partial charge on any atom is -0.495 e. The van der Waals surface area contributed by atoms with E-state index in [1.54, 1.807) is 13.0 Å². The van der Waals surface area contributed by atoms with Gasteiger partial charge in [-0.3, -0.25) is 19.8 Å². The summed E-state index contributed by atoms with van der Waals surface area (Å²) in [4.78, 5) is 25.3. The molecule has 4 aromatic rings. The zero-order valence-electron chi connectivity index (χ0n) is 20.8. The van der Waals surface area contributed by atoms with Gasteiger partial charge in [0, 0.05) is 49.1 Å². The minimum absolute atomic E-state index is 0.0975. The summed E-state index contributed by atoms with van der Waals surface area (Å²) in [5, 5.41) is 16.1. The molecule has 5 rings (SSSR count). The van der Waals surface area contributed by atoms with Crippen LogP contribution >= 0.6 is 0 Å². The molecule has 1 atom stereocenters. The van der Waals surface area contributed by atoms with Crippen LogP contribution in [0.15, 0.2) is 70.0 Å². The summed E-state index contributed by atoms with van der Waals surface area (Å²) in [6.45, 7) is 2.51. The standard InChI is InChI=1S/C26H26N4O7S/c1-17(28-11-13-29(14-12-28)38(34,35)25-10-6-4-8-21(25)30(32)33)26(31)27-20-16-23-19(15-24(20)36-2)18-7-3-5-9-22(18)37-23/h3-10,15-17H,11-14H2,1-2H3,(H,27,31)/t17-/m0/s1. The highest BCUT2D eigenvalue weighted by Gasteiger charge is 2.35. The van der Waals surface area contributed by atoms with Gasteiger partial charge in [0.05, 0.1) is 23.8 Å². The van der Waals surface area contributed by atoms with E-state index >= 15 is 0 Å². The number of anilines is 1. The number of para-hydroxylation sites is 2. The molecule has 0 bridgehead atoms. The Hall–Kier alpha value is -4.00. The van der Waals surface area contributed by atoms with Gasteiger partial charge in [-0.2, -0.15) is 4.31 Å². The number of nitro benzene ring substituents is 1. The molecule has 2 heterocycles. The molecule has 0 radical (unpaired) electrons. The van der Waals surface area contributed by atoms with Gasteiger partial charge in [0.2, 0.25) is 15.9 Å². The monoisotopic (exact) mass is 538 g/mol. The van der Waals surface area contributed by atoms with Gasteiger partial charge in [0.25, 0.3) is 5.69 Å². The van der Waals surface area contributed by atoms with Crippen LogP contribution in [0.2, 0.25) is 0 Å². The summed E-state index contributed by atoms with van der Waals surface area (Å²) in [5.74, 6) is 0.207. The summed E-state index contributed by atoms with van der Waals surface area (Å²) in [6, 6.07) is 15.9. The van der Waals surface area contributed by atoms with Crippen LogP contribution in [0.3, 0.4) is 0 Å². The van der Waals surface area contributed by atoms with Crippen LogP contribution in [0.1, 0.15) is 6.92 Å². The van der Waals surface area contributed by atoms with Crippen molar-refractivity contribution >= 4 is 49.2 Å². The van der Waals surface area contributed by atoms with E-state index in [1.807, 2.05) is 35.2 Å². The van der Waals surface area contributed by atoms with Crippen molar-refractivity contribution in [2.75, 3.05) is 38.6 Å². The maximum atomic E-state index is 13.2. The number of hydrogen-bond acceptors (Lipinski definition) is 8. The highest BCUT2D eigenvalue weighted by atomic mass is 32.2. The smallest absolute Gasteiger partial charge is 0.289 e. The SMILES string of the molecule is COc1cc2c(cc1NC(=O)[C@H](C)N1CCN(S(=O)(=O)c3ccccc3[N+](=O)[O-])CC1)oc1ccccc12. The van der Waals surface area contributed by atoms with Gasteiger partial charge in [-0.1, -0.05) is 30.3 Å². The lowest BCUT2D eigenvalue weighted by Gasteiger charge is -2.36. The number of furan rings is 1. The molecule has 1 aliphatic rings. The van der Waals surface area contributed by atoms with Crippen LogP contribution in [0.25, 0.3) is 21.9 Å². The number of amides is 1. The average Bonchev–Trinajstić information content (AvgIpc) is 3.29. The number of hydrogen-bond donors (Lipinski definition) is 1. The van der Waals surface area contributed by atoms with Crippen LogP contribution in [-0.2, 0) is 14.8 Å². The molecule has 11 nitrogen and oxygen atoms in total. The second-order valence-electron chi connectivity index (χ2n) is 8.98. The first-order valence-electron chi connectivity index (χ1n) is 12.0. The number of piperazine rings is 1. The Morgan fingerprint density at radius 2 is 1.71 bits per heavy atom. The Morgan fingerprint density at radius 1 is 1.03 bits per heavy atom. The zero-order chi connectivity index (χ0) is 27.0. The van der Waals surface area contributed by atoms with Gasteiger partial charge < -0.3 is 14.5 Å². The Labute approximate surface area is 218 Å². The lowest BCUT2D eigenvalue weighted by Crippen LogP contribution is -2.53. The largest absolute Gasteiger partial charge is 0.495 e. The van der Waals surface area contributed by atoms with Crippen LogP contribution in [0.4, 0.5) is 11.4 Å². The van der Waals surface area contributed by atoms with Crippen molar-refractivity contribution in [3.63, 3.8) is 0 Å². The summed E-state index contributed by atoms with van der Waals surface area (Å²) in [6.07, 6.45) is 0. The number of rotatable bonds is 7. The number of methoxy groups -OCH3 is 1. The number of nitrogens with zero attached hydrogens (tertiary/aromatic N) is 3. The van der Waals surface area contributed by atoms with Gasteiger partial charge in [0.1, 0.15) is 16.9 Å². The van der Waals surface area contributed by atoms with Crippen molar-refractivity contribution in [1.29, 1.82) is 0 Å². The molecule has 1 aliphatic heterocycles. The molecule has 0 spiro atoms. The first-order chi connectivity index (χ1) is 18.2. The van der Waals surface area contributed by atoms with Gasteiger partial charge in [-0.25, -0.2) is 8.42 Å². The molecular formula is C26H26N4O7S. The molecule has 1 fully saturated rings. The number of benzene rings is 3. The maximum Gasteiger partial charge on any atom is 0.289 e. The van der Waals surface area contributed by atoms with E-state index in [2.05, 4.69) is 5.32 Å². The predicted octanol–water partition coefficient (Wildman–Crippen LogP) is 3.84. The summed E-state index contributed by atoms with van der Waals surface area (Å²) in [5.41, 5.74) is 1.35. The van der Waals surface area contributed by atoms with Gasteiger partial charge in [-0.05, 0) is 25.1 Å². The molecule has 0 aliphatic carbocycles. The second kappa shape index (κ2) is 10.0. The van der Waals surface area contributed by atoms with E-state index in [9.17, 15) is 23.3 Å². The van der Waals surface area contributed by atoms with Crippen molar-refractivity contribution < 1.29 is 27.3 Å². The number of nitro groups is 1. The van der Waals surface area contributed by atoms with Crippen LogP contribution in [-0.4, -0.2) is 67.8 Å². The second-order valence-corrected chi connectivity index (χ2v) is 10.9. The minimum atomic E-state index is -4.06. The lowest BCUT2D eigenvalue weighted by molar-refractivity contribution is -0.387. The predicted molar refractivity (Wildman–Crippen MR) is 142 cm³/mol. The van der Waals surface area contributed by atoms with Gasteiger partial charge in [0.15, 0.2) is 4.90 Å². The van der Waals surface area contributed by atoms with E-state index in [0.29, 0.717) is 17.0 Å². The Bertz CT molecular complexity index is 1640. The van der Waals surface area contributed by atoms with Crippen molar-refractivity contribution in [2.45, 2.75) is 17.9 Å². The topological polar surface area (TPSA) is 135 Å². The first kappa shape index (κ1) is 25.6. The summed E-state index contributed by atoms with van der Waals surface area (Å²) < 4.78 is 38.9. The molecule has 1 saturated heterocycles. The molecule has 1 N–H and O–H groups in total. The molecule has 38 heavy (non-hydrogen) atoms. The number of ether oxygens (including phenoxy) is 1. The summed E-state index contributed by atoms with van der Waals surface area (Å²) in [7, 11) is -2.53. The zero-order valence-corrected chi connectivity index (χ0v) is 21.6. The maximum absolute atomic E-state index is 13.2. The quantitative estimate of drug-likeness (QED) is 0.277. The fourth-order valence-corrected chi connectivity index (χ4v) is 6.30. The molecule has 0 saturated carbocycles. The molecule has 0 unspecified atom stereocenters. The average molecular weight is 539 g/mol. The van der Waals surface area contributed by atoms with Crippen molar-refractivity contribution in [3.8, 4) is 5.75 Å². The molecule has 198 valence electrons. The van der Waals surface area contributed by atoms with E-state index in [-0.39, 0.29) is 37.0 Å². The number of sulfonamides is 1. The van der Waals surface area contributed by atoms with E-state index in [4.69, 9.17) is 9.15 Å². The molecule has 1 amide bonds. The Balaban J connectivity index is 1.29. The molecular weight excluding hydrogens is 512 g/mol. The highest BCUT2D eigenvalue weighted by molar-refractivity contribution is 7.89. The lowest BCUT2D eigenvalue weighted by atomic mass is 10.1. The van der Waals surface area contributed by atoms with Crippen molar-refractivity contribution in [1.82, 2.24) is 9.21 Å². The normalized spacial score (nSPS) is 15.9.